The number of benzene rings is 1. The second-order valence-corrected chi connectivity index (χ2v) is 10.6. The zero-order chi connectivity index (χ0) is 23.9. The molecule has 0 radical (unpaired) electrons. The molecule has 4 rings (SSSR count). The van der Waals surface area contributed by atoms with Gasteiger partial charge in [-0.3, -0.25) is 4.79 Å². The van der Waals surface area contributed by atoms with Gasteiger partial charge in [-0.05, 0) is 50.0 Å². The molecule has 33 heavy (non-hydrogen) atoms. The van der Waals surface area contributed by atoms with Crippen molar-refractivity contribution in [2.75, 3.05) is 6.61 Å². The Hall–Kier alpha value is -2.16. The van der Waals surface area contributed by atoms with E-state index in [1.165, 1.54) is 0 Å². The fraction of sp³-hybridized carbons (Fsp3) is 0.593. The number of nitriles is 1. The zero-order valence-corrected chi connectivity index (χ0v) is 20.2. The Morgan fingerprint density at radius 1 is 1.24 bits per heavy atom. The molecular formula is C27H32ClNO4. The zero-order valence-electron chi connectivity index (χ0n) is 19.4. The van der Waals surface area contributed by atoms with E-state index in [2.05, 4.69) is 19.6 Å². The van der Waals surface area contributed by atoms with Crippen molar-refractivity contribution in [1.29, 1.82) is 5.26 Å². The number of fused-ring (bicyclic) bond motifs is 3. The van der Waals surface area contributed by atoms with Crippen LogP contribution in [0.1, 0.15) is 57.9 Å². The molecular weight excluding hydrogens is 438 g/mol. The first kappa shape index (κ1) is 24.0. The molecule has 1 aromatic carbocycles. The van der Waals surface area contributed by atoms with E-state index in [1.54, 1.807) is 6.92 Å². The SMILES string of the molecule is C=C1CC[C@H](OCc2ccccc2)[C@@H]2[C@@]3(C)CCC(=O)C(Cl)(C(=O)OCC)[C@@H]3CC[C@@]12C#N. The number of hydrogen-bond donors (Lipinski definition) is 0. The standard InChI is InChI=1S/C27H32ClNO4/c1-4-32-24(31)27(28)21-12-15-26(17-29)18(2)10-11-20(33-16-19-8-6-5-7-9-19)23(26)25(21,3)14-13-22(27)30/h5-9,20-21,23H,2,4,10-16H2,1,3H3/t20-,21+,23+,25-,26+,27?/m0/s1. The Bertz CT molecular complexity index is 988. The molecule has 0 aromatic heterocycles. The summed E-state index contributed by atoms with van der Waals surface area (Å²) in [6.45, 7) is 8.72. The van der Waals surface area contributed by atoms with Gasteiger partial charge >= 0.3 is 5.97 Å². The maximum Gasteiger partial charge on any atom is 0.335 e. The van der Waals surface area contributed by atoms with Crippen molar-refractivity contribution in [3.8, 4) is 6.07 Å². The highest BCUT2D eigenvalue weighted by Gasteiger charge is 2.70. The molecule has 176 valence electrons. The number of halogens is 1. The molecule has 0 bridgehead atoms. The van der Waals surface area contributed by atoms with E-state index >= 15 is 0 Å². The van der Waals surface area contributed by atoms with E-state index in [1.807, 2.05) is 30.3 Å². The number of hydrogen-bond acceptors (Lipinski definition) is 5. The molecule has 3 aliphatic rings. The van der Waals surface area contributed by atoms with Gasteiger partial charge in [0.15, 0.2) is 5.78 Å². The van der Waals surface area contributed by atoms with Gasteiger partial charge in [0.25, 0.3) is 0 Å². The molecule has 3 fully saturated rings. The van der Waals surface area contributed by atoms with Crippen LogP contribution in [0.25, 0.3) is 0 Å². The summed E-state index contributed by atoms with van der Waals surface area (Å²) in [5.74, 6) is -1.56. The van der Waals surface area contributed by atoms with Gasteiger partial charge < -0.3 is 9.47 Å². The molecule has 3 aliphatic carbocycles. The summed E-state index contributed by atoms with van der Waals surface area (Å²) in [7, 11) is 0. The van der Waals surface area contributed by atoms with E-state index in [-0.39, 0.29) is 30.8 Å². The fourth-order valence-corrected chi connectivity index (χ4v) is 7.39. The second-order valence-electron chi connectivity index (χ2n) is 9.99. The van der Waals surface area contributed by atoms with Crippen LogP contribution < -0.4 is 0 Å². The van der Waals surface area contributed by atoms with Crippen LogP contribution in [0.3, 0.4) is 0 Å². The molecule has 0 spiro atoms. The van der Waals surface area contributed by atoms with Crippen LogP contribution >= 0.6 is 11.6 Å². The third-order valence-electron chi connectivity index (χ3n) is 8.45. The topological polar surface area (TPSA) is 76.4 Å². The average molecular weight is 470 g/mol. The molecule has 0 aliphatic heterocycles. The van der Waals surface area contributed by atoms with Crippen LogP contribution in [-0.2, 0) is 25.7 Å². The van der Waals surface area contributed by atoms with Crippen LogP contribution in [-0.4, -0.2) is 29.3 Å². The smallest absolute Gasteiger partial charge is 0.335 e. The Morgan fingerprint density at radius 3 is 2.64 bits per heavy atom. The van der Waals surface area contributed by atoms with Crippen LogP contribution in [0.4, 0.5) is 0 Å². The number of esters is 1. The van der Waals surface area contributed by atoms with Crippen molar-refractivity contribution in [1.82, 2.24) is 0 Å². The number of nitrogens with zero attached hydrogens (tertiary/aromatic N) is 1. The number of allylic oxidation sites excluding steroid dienone is 1. The summed E-state index contributed by atoms with van der Waals surface area (Å²) in [6, 6.07) is 12.6. The number of Topliss-reactive ketones (excluding diaryl/α,β-unsaturated/α-hetero) is 1. The van der Waals surface area contributed by atoms with Crippen molar-refractivity contribution in [3.63, 3.8) is 0 Å². The quantitative estimate of drug-likeness (QED) is 0.251. The minimum atomic E-state index is -1.71. The molecule has 1 unspecified atom stereocenters. The maximum absolute atomic E-state index is 13.0. The minimum Gasteiger partial charge on any atom is -0.464 e. The lowest BCUT2D eigenvalue weighted by atomic mass is 9.41. The van der Waals surface area contributed by atoms with E-state index < -0.39 is 27.6 Å². The Balaban J connectivity index is 1.75. The molecule has 5 nitrogen and oxygen atoms in total. The van der Waals surface area contributed by atoms with Gasteiger partial charge in [-0.1, -0.05) is 61.0 Å². The van der Waals surface area contributed by atoms with Gasteiger partial charge in [0, 0.05) is 18.3 Å². The lowest BCUT2D eigenvalue weighted by Crippen LogP contribution is -2.66. The molecule has 1 aromatic rings. The Labute approximate surface area is 201 Å². The van der Waals surface area contributed by atoms with Crippen molar-refractivity contribution in [2.24, 2.45) is 22.7 Å². The molecule has 0 N–H and O–H groups in total. The van der Waals surface area contributed by atoms with Crippen LogP contribution in [0.5, 0.6) is 0 Å². The number of alkyl halides is 1. The first-order valence-corrected chi connectivity index (χ1v) is 12.3. The summed E-state index contributed by atoms with van der Waals surface area (Å²) < 4.78 is 11.8. The van der Waals surface area contributed by atoms with Gasteiger partial charge in [0.1, 0.15) is 0 Å². The first-order chi connectivity index (χ1) is 15.7. The van der Waals surface area contributed by atoms with E-state index in [0.717, 1.165) is 24.0 Å². The van der Waals surface area contributed by atoms with Gasteiger partial charge in [-0.15, -0.1) is 0 Å². The van der Waals surface area contributed by atoms with Gasteiger partial charge in [0.05, 0.1) is 30.8 Å². The number of rotatable bonds is 5. The van der Waals surface area contributed by atoms with E-state index in [4.69, 9.17) is 21.1 Å². The van der Waals surface area contributed by atoms with Gasteiger partial charge in [-0.25, -0.2) is 4.79 Å². The van der Waals surface area contributed by atoms with Crippen molar-refractivity contribution in [2.45, 2.75) is 70.0 Å². The summed E-state index contributed by atoms with van der Waals surface area (Å²) in [5, 5.41) is 10.5. The third-order valence-corrected chi connectivity index (χ3v) is 9.08. The molecule has 6 atom stereocenters. The molecule has 0 heterocycles. The monoisotopic (exact) mass is 469 g/mol. The number of carbonyl (C=O) groups excluding carboxylic acids is 2. The predicted octanol–water partition coefficient (Wildman–Crippen LogP) is 5.37. The lowest BCUT2D eigenvalue weighted by molar-refractivity contribution is -0.177. The lowest BCUT2D eigenvalue weighted by Gasteiger charge is -2.63. The number of ketones is 1. The van der Waals surface area contributed by atoms with Crippen molar-refractivity contribution >= 4 is 23.4 Å². The average Bonchev–Trinajstić information content (AvgIpc) is 2.82. The first-order valence-electron chi connectivity index (χ1n) is 11.9. The van der Waals surface area contributed by atoms with E-state index in [9.17, 15) is 14.9 Å². The largest absolute Gasteiger partial charge is 0.464 e. The normalized spacial score (nSPS) is 38.1. The van der Waals surface area contributed by atoms with Gasteiger partial charge in [-0.2, -0.15) is 5.26 Å². The fourth-order valence-electron chi connectivity index (χ4n) is 6.88. The van der Waals surface area contributed by atoms with Crippen molar-refractivity contribution in [3.05, 3.63) is 48.0 Å². The number of ether oxygens (including phenoxy) is 2. The van der Waals surface area contributed by atoms with Crippen LogP contribution in [0.2, 0.25) is 0 Å². The predicted molar refractivity (Wildman–Crippen MR) is 125 cm³/mol. The molecule has 6 heteroatoms. The van der Waals surface area contributed by atoms with Crippen molar-refractivity contribution < 1.29 is 19.1 Å². The highest BCUT2D eigenvalue weighted by Crippen LogP contribution is 2.67. The maximum atomic E-state index is 13.0. The Morgan fingerprint density at radius 2 is 1.97 bits per heavy atom. The molecule has 3 saturated carbocycles. The second kappa shape index (κ2) is 8.89. The minimum absolute atomic E-state index is 0.162. The van der Waals surface area contributed by atoms with E-state index in [0.29, 0.717) is 25.9 Å². The van der Waals surface area contributed by atoms with Crippen LogP contribution in [0, 0.1) is 34.0 Å². The third kappa shape index (κ3) is 3.63. The van der Waals surface area contributed by atoms with Crippen LogP contribution in [0.15, 0.2) is 42.5 Å². The summed E-state index contributed by atoms with van der Waals surface area (Å²) >= 11 is 6.92. The Kier molecular flexibility index (Phi) is 6.46. The highest BCUT2D eigenvalue weighted by atomic mass is 35.5. The van der Waals surface area contributed by atoms with Gasteiger partial charge in [0.2, 0.25) is 4.87 Å². The number of carbonyl (C=O) groups is 2. The molecule has 0 saturated heterocycles. The molecule has 0 amide bonds. The summed E-state index contributed by atoms with van der Waals surface area (Å²) in [5.41, 5.74) is 0.709. The summed E-state index contributed by atoms with van der Waals surface area (Å²) in [6.07, 6.45) is 3.05. The summed E-state index contributed by atoms with van der Waals surface area (Å²) in [4.78, 5) is 24.3. The highest BCUT2D eigenvalue weighted by molar-refractivity contribution is 6.46.